The van der Waals surface area contributed by atoms with Gasteiger partial charge in [-0.15, -0.1) is 0 Å². The van der Waals surface area contributed by atoms with Crippen LogP contribution in [-0.2, 0) is 17.9 Å². The predicted octanol–water partition coefficient (Wildman–Crippen LogP) is 3.58. The van der Waals surface area contributed by atoms with Gasteiger partial charge in [0, 0.05) is 5.02 Å². The number of benzene rings is 2. The second-order valence-electron chi connectivity index (χ2n) is 5.55. The highest BCUT2D eigenvalue weighted by Gasteiger charge is 2.11. The summed E-state index contributed by atoms with van der Waals surface area (Å²) in [4.78, 5) is 4.50. The molecule has 3 aromatic rings. The van der Waals surface area contributed by atoms with Crippen LogP contribution in [0.1, 0.15) is 11.4 Å². The summed E-state index contributed by atoms with van der Waals surface area (Å²) in [6.45, 7) is 3.14. The molecule has 1 N–H and O–H groups in total. The first-order valence-electron chi connectivity index (χ1n) is 7.55. The van der Waals surface area contributed by atoms with Crippen LogP contribution in [0.4, 0.5) is 0 Å². The molecule has 0 aliphatic heterocycles. The quantitative estimate of drug-likeness (QED) is 0.751. The van der Waals surface area contributed by atoms with E-state index in [0.29, 0.717) is 18.2 Å². The van der Waals surface area contributed by atoms with Crippen molar-refractivity contribution < 1.29 is 9.84 Å². The van der Waals surface area contributed by atoms with E-state index in [1.807, 2.05) is 60.0 Å². The first-order valence-corrected chi connectivity index (χ1v) is 7.93. The minimum atomic E-state index is -0.585. The third kappa shape index (κ3) is 3.91. The first-order chi connectivity index (χ1) is 11.1. The van der Waals surface area contributed by atoms with Gasteiger partial charge in [-0.1, -0.05) is 35.9 Å². The van der Waals surface area contributed by atoms with Gasteiger partial charge in [0.05, 0.1) is 36.9 Å². The third-order valence-corrected chi connectivity index (χ3v) is 3.98. The number of halogens is 1. The number of nitrogens with zero attached hydrogens (tertiary/aromatic N) is 2. The molecule has 0 saturated heterocycles. The Bertz CT molecular complexity index is 783. The van der Waals surface area contributed by atoms with Crippen LogP contribution in [0, 0.1) is 6.92 Å². The fraction of sp³-hybridized carbons (Fsp3) is 0.278. The Kier molecular flexibility index (Phi) is 4.96. The van der Waals surface area contributed by atoms with Gasteiger partial charge in [-0.05, 0) is 36.8 Å². The minimum Gasteiger partial charge on any atom is -0.389 e. The molecule has 2 aromatic carbocycles. The SMILES string of the molecule is Cc1nc2ccccc2n1C[C@H](O)COCc1ccc(Cl)cc1. The van der Waals surface area contributed by atoms with E-state index >= 15 is 0 Å². The number of aromatic nitrogens is 2. The Hall–Kier alpha value is -1.88. The normalized spacial score (nSPS) is 12.7. The van der Waals surface area contributed by atoms with Crippen LogP contribution in [0.2, 0.25) is 5.02 Å². The number of aliphatic hydroxyl groups excluding tert-OH is 1. The summed E-state index contributed by atoms with van der Waals surface area (Å²) in [5, 5.41) is 10.9. The molecule has 3 rings (SSSR count). The standard InChI is InChI=1S/C18H19ClN2O2/c1-13-20-17-4-2-3-5-18(17)21(13)10-16(22)12-23-11-14-6-8-15(19)9-7-14/h2-9,16,22H,10-12H2,1H3/t16-/m0/s1. The van der Waals surface area contributed by atoms with E-state index in [-0.39, 0.29) is 6.61 Å². The lowest BCUT2D eigenvalue weighted by Gasteiger charge is -2.14. The zero-order valence-electron chi connectivity index (χ0n) is 12.9. The van der Waals surface area contributed by atoms with Crippen molar-refractivity contribution in [3.63, 3.8) is 0 Å². The Balaban J connectivity index is 1.57. The zero-order chi connectivity index (χ0) is 16.2. The van der Waals surface area contributed by atoms with Crippen LogP contribution in [-0.4, -0.2) is 27.4 Å². The third-order valence-electron chi connectivity index (χ3n) is 3.73. The van der Waals surface area contributed by atoms with Gasteiger partial charge in [-0.25, -0.2) is 4.98 Å². The first kappa shape index (κ1) is 16.0. The van der Waals surface area contributed by atoms with Gasteiger partial charge in [0.15, 0.2) is 0 Å². The van der Waals surface area contributed by atoms with Gasteiger partial charge >= 0.3 is 0 Å². The molecule has 23 heavy (non-hydrogen) atoms. The van der Waals surface area contributed by atoms with Crippen LogP contribution in [0.15, 0.2) is 48.5 Å². The number of rotatable bonds is 6. The lowest BCUT2D eigenvalue weighted by molar-refractivity contribution is 0.0206. The van der Waals surface area contributed by atoms with Crippen molar-refractivity contribution in [1.29, 1.82) is 0 Å². The van der Waals surface area contributed by atoms with Crippen molar-refractivity contribution in [3.8, 4) is 0 Å². The fourth-order valence-corrected chi connectivity index (χ4v) is 2.71. The molecule has 0 bridgehead atoms. The van der Waals surface area contributed by atoms with Crippen molar-refractivity contribution >= 4 is 22.6 Å². The summed E-state index contributed by atoms with van der Waals surface area (Å²) in [5.41, 5.74) is 3.01. The molecular formula is C18H19ClN2O2. The number of aliphatic hydroxyl groups is 1. The lowest BCUT2D eigenvalue weighted by Crippen LogP contribution is -2.22. The topological polar surface area (TPSA) is 47.3 Å². The summed E-state index contributed by atoms with van der Waals surface area (Å²) < 4.78 is 7.61. The van der Waals surface area contributed by atoms with Crippen LogP contribution in [0.25, 0.3) is 11.0 Å². The fourth-order valence-electron chi connectivity index (χ4n) is 2.58. The van der Waals surface area contributed by atoms with Crippen molar-refractivity contribution in [2.24, 2.45) is 0 Å². The molecule has 0 unspecified atom stereocenters. The molecule has 0 aliphatic carbocycles. The molecule has 0 aliphatic rings. The average molecular weight is 331 g/mol. The lowest BCUT2D eigenvalue weighted by atomic mass is 10.2. The molecule has 5 heteroatoms. The Morgan fingerprint density at radius 3 is 2.70 bits per heavy atom. The highest BCUT2D eigenvalue weighted by atomic mass is 35.5. The van der Waals surface area contributed by atoms with E-state index in [9.17, 15) is 5.11 Å². The Morgan fingerprint density at radius 2 is 1.91 bits per heavy atom. The van der Waals surface area contributed by atoms with Crippen LogP contribution >= 0.6 is 11.6 Å². The van der Waals surface area contributed by atoms with Crippen molar-refractivity contribution in [2.45, 2.75) is 26.2 Å². The number of hydrogen-bond donors (Lipinski definition) is 1. The maximum atomic E-state index is 10.2. The number of ether oxygens (including phenoxy) is 1. The summed E-state index contributed by atoms with van der Waals surface area (Å²) in [6, 6.07) is 15.4. The van der Waals surface area contributed by atoms with E-state index in [2.05, 4.69) is 4.98 Å². The van der Waals surface area contributed by atoms with Gasteiger partial charge in [0.1, 0.15) is 5.82 Å². The van der Waals surface area contributed by atoms with E-state index < -0.39 is 6.10 Å². The van der Waals surface area contributed by atoms with Gasteiger partial charge in [-0.3, -0.25) is 0 Å². The summed E-state index contributed by atoms with van der Waals surface area (Å²) in [5.74, 6) is 0.892. The number of para-hydroxylation sites is 2. The van der Waals surface area contributed by atoms with Gasteiger partial charge in [0.25, 0.3) is 0 Å². The number of aryl methyl sites for hydroxylation is 1. The molecule has 0 radical (unpaired) electrons. The molecule has 120 valence electrons. The zero-order valence-corrected chi connectivity index (χ0v) is 13.7. The summed E-state index contributed by atoms with van der Waals surface area (Å²) >= 11 is 5.85. The second kappa shape index (κ2) is 7.13. The maximum absolute atomic E-state index is 10.2. The Labute approximate surface area is 140 Å². The molecule has 1 heterocycles. The number of hydrogen-bond acceptors (Lipinski definition) is 3. The molecular weight excluding hydrogens is 312 g/mol. The largest absolute Gasteiger partial charge is 0.389 e. The van der Waals surface area contributed by atoms with Gasteiger partial charge in [-0.2, -0.15) is 0 Å². The molecule has 0 fully saturated rings. The number of fused-ring (bicyclic) bond motifs is 1. The van der Waals surface area contributed by atoms with Crippen molar-refractivity contribution in [1.82, 2.24) is 9.55 Å². The molecule has 0 amide bonds. The van der Waals surface area contributed by atoms with Crippen molar-refractivity contribution in [2.75, 3.05) is 6.61 Å². The van der Waals surface area contributed by atoms with Gasteiger partial charge in [0.2, 0.25) is 0 Å². The van der Waals surface area contributed by atoms with E-state index in [1.165, 1.54) is 0 Å². The highest BCUT2D eigenvalue weighted by Crippen LogP contribution is 2.16. The molecule has 0 spiro atoms. The molecule has 1 aromatic heterocycles. The second-order valence-corrected chi connectivity index (χ2v) is 5.99. The van der Waals surface area contributed by atoms with Crippen LogP contribution in [0.3, 0.4) is 0 Å². The number of imidazole rings is 1. The molecule has 1 atom stereocenters. The van der Waals surface area contributed by atoms with E-state index in [0.717, 1.165) is 22.4 Å². The minimum absolute atomic E-state index is 0.272. The maximum Gasteiger partial charge on any atom is 0.106 e. The highest BCUT2D eigenvalue weighted by molar-refractivity contribution is 6.30. The molecule has 0 saturated carbocycles. The average Bonchev–Trinajstić information content (AvgIpc) is 2.85. The van der Waals surface area contributed by atoms with Gasteiger partial charge < -0.3 is 14.4 Å². The van der Waals surface area contributed by atoms with E-state index in [4.69, 9.17) is 16.3 Å². The van der Waals surface area contributed by atoms with Crippen LogP contribution in [0.5, 0.6) is 0 Å². The molecule has 4 nitrogen and oxygen atoms in total. The smallest absolute Gasteiger partial charge is 0.106 e. The monoisotopic (exact) mass is 330 g/mol. The van der Waals surface area contributed by atoms with Crippen LogP contribution < -0.4 is 0 Å². The van der Waals surface area contributed by atoms with E-state index in [1.54, 1.807) is 0 Å². The Morgan fingerprint density at radius 1 is 1.17 bits per heavy atom. The van der Waals surface area contributed by atoms with Crippen molar-refractivity contribution in [3.05, 3.63) is 64.9 Å². The predicted molar refractivity (Wildman–Crippen MR) is 91.6 cm³/mol. The summed E-state index contributed by atoms with van der Waals surface area (Å²) in [6.07, 6.45) is -0.585. The summed E-state index contributed by atoms with van der Waals surface area (Å²) in [7, 11) is 0.